The van der Waals surface area contributed by atoms with Crippen molar-refractivity contribution in [3.05, 3.63) is 24.4 Å². The van der Waals surface area contributed by atoms with Gasteiger partial charge in [-0.15, -0.1) is 0 Å². The Balaban J connectivity index is 1.70. The lowest BCUT2D eigenvalue weighted by atomic mass is 9.82. The highest BCUT2D eigenvalue weighted by atomic mass is 16.5. The summed E-state index contributed by atoms with van der Waals surface area (Å²) in [5, 5.41) is 9.05. The molecule has 5 heteroatoms. The van der Waals surface area contributed by atoms with Crippen LogP contribution in [0.1, 0.15) is 25.7 Å². The summed E-state index contributed by atoms with van der Waals surface area (Å²) in [5.41, 5.74) is 2.05. The number of ether oxygens (including phenoxy) is 1. The van der Waals surface area contributed by atoms with E-state index in [0.717, 1.165) is 43.3 Å². The molecular formula is C16H20N2O3. The summed E-state index contributed by atoms with van der Waals surface area (Å²) in [6.45, 7) is 0.934. The fourth-order valence-corrected chi connectivity index (χ4v) is 3.20. The van der Waals surface area contributed by atoms with Crippen LogP contribution in [0.4, 0.5) is 0 Å². The summed E-state index contributed by atoms with van der Waals surface area (Å²) in [6, 6.07) is 5.91. The molecule has 21 heavy (non-hydrogen) atoms. The zero-order valence-corrected chi connectivity index (χ0v) is 12.2. The second-order valence-corrected chi connectivity index (χ2v) is 5.78. The van der Waals surface area contributed by atoms with Crippen LogP contribution >= 0.6 is 0 Å². The molecule has 1 N–H and O–H groups in total. The van der Waals surface area contributed by atoms with Gasteiger partial charge in [-0.25, -0.2) is 4.98 Å². The van der Waals surface area contributed by atoms with Crippen molar-refractivity contribution in [3.8, 4) is 5.88 Å². The zero-order valence-electron chi connectivity index (χ0n) is 12.2. The molecule has 0 atom stereocenters. The molecule has 2 heterocycles. The molecule has 1 aliphatic rings. The van der Waals surface area contributed by atoms with E-state index in [4.69, 9.17) is 9.84 Å². The van der Waals surface area contributed by atoms with Gasteiger partial charge < -0.3 is 14.4 Å². The predicted molar refractivity (Wildman–Crippen MR) is 79.4 cm³/mol. The Morgan fingerprint density at radius 2 is 2.10 bits per heavy atom. The van der Waals surface area contributed by atoms with Gasteiger partial charge in [0.15, 0.2) is 0 Å². The number of carboxylic acid groups (broad SMARTS) is 1. The van der Waals surface area contributed by atoms with Gasteiger partial charge in [0.2, 0.25) is 5.88 Å². The third kappa shape index (κ3) is 2.86. The van der Waals surface area contributed by atoms with Crippen LogP contribution in [0, 0.1) is 11.8 Å². The van der Waals surface area contributed by atoms with Gasteiger partial charge in [0, 0.05) is 18.8 Å². The Kier molecular flexibility index (Phi) is 3.82. The quantitative estimate of drug-likeness (QED) is 0.939. The van der Waals surface area contributed by atoms with E-state index in [2.05, 4.69) is 15.7 Å². The molecule has 5 nitrogen and oxygen atoms in total. The molecule has 2 aromatic rings. The van der Waals surface area contributed by atoms with Crippen molar-refractivity contribution in [1.82, 2.24) is 9.55 Å². The molecule has 1 aliphatic carbocycles. The first-order valence-electron chi connectivity index (χ1n) is 7.40. The summed E-state index contributed by atoms with van der Waals surface area (Å²) in [5.74, 6) is 0.394. The van der Waals surface area contributed by atoms with E-state index in [1.54, 1.807) is 7.11 Å². The standard InChI is InChI=1S/C16H20N2O3/c1-21-15-7-6-14-13(17-15)8-9-18(14)10-11-2-4-12(5-3-11)16(19)20/h6-9,11-12H,2-5,10H2,1H3,(H,19,20)/t11-,12-. The lowest BCUT2D eigenvalue weighted by Crippen LogP contribution is -2.23. The molecule has 0 radical (unpaired) electrons. The molecular weight excluding hydrogens is 268 g/mol. The average Bonchev–Trinajstić information content (AvgIpc) is 2.90. The lowest BCUT2D eigenvalue weighted by molar-refractivity contribution is -0.143. The van der Waals surface area contributed by atoms with Crippen LogP contribution in [0.15, 0.2) is 24.4 Å². The fraction of sp³-hybridized carbons (Fsp3) is 0.500. The number of nitrogens with zero attached hydrogens (tertiary/aromatic N) is 2. The molecule has 0 unspecified atom stereocenters. The molecule has 0 bridgehead atoms. The Morgan fingerprint density at radius 1 is 1.33 bits per heavy atom. The fourth-order valence-electron chi connectivity index (χ4n) is 3.20. The number of hydrogen-bond acceptors (Lipinski definition) is 3. The molecule has 0 aliphatic heterocycles. The summed E-state index contributed by atoms with van der Waals surface area (Å²) in [6.07, 6.45) is 5.62. The maximum Gasteiger partial charge on any atom is 0.306 e. The number of aliphatic carboxylic acids is 1. The first kappa shape index (κ1) is 13.9. The Labute approximate surface area is 123 Å². The highest BCUT2D eigenvalue weighted by Crippen LogP contribution is 2.31. The average molecular weight is 288 g/mol. The van der Waals surface area contributed by atoms with Gasteiger partial charge in [-0.05, 0) is 43.7 Å². The smallest absolute Gasteiger partial charge is 0.306 e. The minimum atomic E-state index is -0.642. The van der Waals surface area contributed by atoms with Gasteiger partial charge in [-0.3, -0.25) is 4.79 Å². The maximum absolute atomic E-state index is 11.0. The van der Waals surface area contributed by atoms with Gasteiger partial charge in [-0.2, -0.15) is 0 Å². The molecule has 112 valence electrons. The van der Waals surface area contributed by atoms with Crippen LogP contribution in [0.3, 0.4) is 0 Å². The number of methoxy groups -OCH3 is 1. The van der Waals surface area contributed by atoms with Crippen molar-refractivity contribution in [3.63, 3.8) is 0 Å². The van der Waals surface area contributed by atoms with Gasteiger partial charge >= 0.3 is 5.97 Å². The number of rotatable bonds is 4. The molecule has 2 aromatic heterocycles. The molecule has 0 saturated heterocycles. The molecule has 3 rings (SSSR count). The summed E-state index contributed by atoms with van der Waals surface area (Å²) >= 11 is 0. The topological polar surface area (TPSA) is 64.3 Å². The Morgan fingerprint density at radius 3 is 2.76 bits per heavy atom. The van der Waals surface area contributed by atoms with E-state index < -0.39 is 5.97 Å². The third-order valence-corrected chi connectivity index (χ3v) is 4.46. The van der Waals surface area contributed by atoms with Gasteiger partial charge in [-0.1, -0.05) is 0 Å². The zero-order chi connectivity index (χ0) is 14.8. The molecule has 1 fully saturated rings. The van der Waals surface area contributed by atoms with Gasteiger partial charge in [0.1, 0.15) is 0 Å². The maximum atomic E-state index is 11.0. The number of aromatic nitrogens is 2. The normalized spacial score (nSPS) is 22.3. The predicted octanol–water partition coefficient (Wildman–Crippen LogP) is 2.94. The van der Waals surface area contributed by atoms with Gasteiger partial charge in [0.05, 0.1) is 24.1 Å². The molecule has 0 aromatic carbocycles. The van der Waals surface area contributed by atoms with Crippen LogP contribution in [0.5, 0.6) is 5.88 Å². The minimum Gasteiger partial charge on any atom is -0.481 e. The van der Waals surface area contributed by atoms with E-state index in [-0.39, 0.29) is 5.92 Å². The van der Waals surface area contributed by atoms with Crippen molar-refractivity contribution in [1.29, 1.82) is 0 Å². The van der Waals surface area contributed by atoms with E-state index in [9.17, 15) is 4.79 Å². The summed E-state index contributed by atoms with van der Waals surface area (Å²) < 4.78 is 7.36. The first-order chi connectivity index (χ1) is 10.2. The second kappa shape index (κ2) is 5.76. The van der Waals surface area contributed by atoms with Crippen molar-refractivity contribution < 1.29 is 14.6 Å². The first-order valence-corrected chi connectivity index (χ1v) is 7.40. The highest BCUT2D eigenvalue weighted by molar-refractivity contribution is 5.76. The van der Waals surface area contributed by atoms with E-state index in [1.807, 2.05) is 18.2 Å². The van der Waals surface area contributed by atoms with E-state index in [0.29, 0.717) is 11.8 Å². The Bertz CT molecular complexity index is 642. The van der Waals surface area contributed by atoms with Crippen molar-refractivity contribution in [2.24, 2.45) is 11.8 Å². The third-order valence-electron chi connectivity index (χ3n) is 4.46. The number of carboxylic acids is 1. The van der Waals surface area contributed by atoms with Crippen molar-refractivity contribution in [2.75, 3.05) is 7.11 Å². The molecule has 1 saturated carbocycles. The summed E-state index contributed by atoms with van der Waals surface area (Å²) in [4.78, 5) is 15.4. The van der Waals surface area contributed by atoms with Crippen molar-refractivity contribution >= 4 is 17.0 Å². The van der Waals surface area contributed by atoms with Crippen molar-refractivity contribution in [2.45, 2.75) is 32.2 Å². The lowest BCUT2D eigenvalue weighted by Gasteiger charge is -2.26. The number of pyridine rings is 1. The number of hydrogen-bond donors (Lipinski definition) is 1. The number of carbonyl (C=O) groups is 1. The minimum absolute atomic E-state index is 0.145. The van der Waals surface area contributed by atoms with Crippen LogP contribution in [0.25, 0.3) is 11.0 Å². The van der Waals surface area contributed by atoms with Crippen LogP contribution in [-0.4, -0.2) is 27.7 Å². The Hall–Kier alpha value is -2.04. The molecule has 0 amide bonds. The SMILES string of the molecule is COc1ccc2c(ccn2C[C@H]2CC[C@H](C(=O)O)CC2)n1. The second-order valence-electron chi connectivity index (χ2n) is 5.78. The largest absolute Gasteiger partial charge is 0.481 e. The molecule has 0 spiro atoms. The van der Waals surface area contributed by atoms with Crippen LogP contribution < -0.4 is 4.74 Å². The van der Waals surface area contributed by atoms with E-state index >= 15 is 0 Å². The van der Waals surface area contributed by atoms with Crippen LogP contribution in [0.2, 0.25) is 0 Å². The highest BCUT2D eigenvalue weighted by Gasteiger charge is 2.26. The number of fused-ring (bicyclic) bond motifs is 1. The van der Waals surface area contributed by atoms with Gasteiger partial charge in [0.25, 0.3) is 0 Å². The van der Waals surface area contributed by atoms with E-state index in [1.165, 1.54) is 0 Å². The monoisotopic (exact) mass is 288 g/mol. The summed E-state index contributed by atoms with van der Waals surface area (Å²) in [7, 11) is 1.62. The van der Waals surface area contributed by atoms with Crippen LogP contribution in [-0.2, 0) is 11.3 Å².